The Morgan fingerprint density at radius 3 is 2.70 bits per heavy atom. The molecular weight excluding hydrogens is 384 g/mol. The number of benzene rings is 1. The van der Waals surface area contributed by atoms with E-state index in [9.17, 15) is 19.5 Å². The Labute approximate surface area is 174 Å². The number of likely N-dealkylation sites (tertiary alicyclic amines) is 1. The van der Waals surface area contributed by atoms with Gasteiger partial charge in [-0.25, -0.2) is 4.79 Å². The molecule has 0 radical (unpaired) electrons. The second-order valence-corrected chi connectivity index (χ2v) is 9.07. The van der Waals surface area contributed by atoms with Gasteiger partial charge in [0.15, 0.2) is 5.69 Å². The number of carbonyl (C=O) groups is 3. The third-order valence-corrected chi connectivity index (χ3v) is 6.88. The molecular formula is C22H26N4O4. The van der Waals surface area contributed by atoms with Crippen molar-refractivity contribution in [3.05, 3.63) is 30.0 Å². The van der Waals surface area contributed by atoms with Crippen molar-refractivity contribution in [3.63, 3.8) is 0 Å². The number of nitrogens with zero attached hydrogens (tertiary/aromatic N) is 3. The zero-order valence-corrected chi connectivity index (χ0v) is 17.0. The fraction of sp³-hybridized carbons (Fsp3) is 0.545. The number of para-hydroxylation sites is 1. The van der Waals surface area contributed by atoms with E-state index in [1.807, 2.05) is 0 Å². The van der Waals surface area contributed by atoms with Gasteiger partial charge in [-0.3, -0.25) is 14.3 Å². The van der Waals surface area contributed by atoms with Crippen LogP contribution in [-0.4, -0.2) is 55.7 Å². The summed E-state index contributed by atoms with van der Waals surface area (Å²) in [6.45, 7) is 2.13. The largest absolute Gasteiger partial charge is 0.476 e. The van der Waals surface area contributed by atoms with Crippen molar-refractivity contribution in [1.82, 2.24) is 20.0 Å². The quantitative estimate of drug-likeness (QED) is 0.785. The van der Waals surface area contributed by atoms with Gasteiger partial charge in [-0.05, 0) is 50.0 Å². The zero-order chi connectivity index (χ0) is 21.0. The third-order valence-electron chi connectivity index (χ3n) is 6.88. The molecule has 2 N–H and O–H groups in total. The molecule has 1 saturated heterocycles. The van der Waals surface area contributed by atoms with Crippen molar-refractivity contribution in [2.24, 2.45) is 11.8 Å². The van der Waals surface area contributed by atoms with Crippen LogP contribution in [0, 0.1) is 11.8 Å². The number of hydrogen-bond donors (Lipinski definition) is 2. The summed E-state index contributed by atoms with van der Waals surface area (Å²) in [4.78, 5) is 39.4. The van der Waals surface area contributed by atoms with E-state index in [4.69, 9.17) is 0 Å². The van der Waals surface area contributed by atoms with Crippen molar-refractivity contribution in [2.75, 3.05) is 0 Å². The summed E-state index contributed by atoms with van der Waals surface area (Å²) in [6, 6.07) is 6.89. The maximum atomic E-state index is 13.2. The van der Waals surface area contributed by atoms with E-state index in [-0.39, 0.29) is 36.1 Å². The second kappa shape index (κ2) is 7.11. The van der Waals surface area contributed by atoms with Gasteiger partial charge in [0.1, 0.15) is 12.6 Å². The van der Waals surface area contributed by atoms with Crippen LogP contribution in [0.5, 0.6) is 0 Å². The zero-order valence-electron chi connectivity index (χ0n) is 17.0. The van der Waals surface area contributed by atoms with Crippen LogP contribution in [0.1, 0.15) is 49.5 Å². The highest BCUT2D eigenvalue weighted by Crippen LogP contribution is 2.48. The normalized spacial score (nSPS) is 29.8. The van der Waals surface area contributed by atoms with E-state index in [1.54, 1.807) is 29.2 Å². The Bertz CT molecular complexity index is 1030. The number of aromatic carboxylic acids is 1. The van der Waals surface area contributed by atoms with E-state index in [2.05, 4.69) is 17.3 Å². The number of carboxylic acid groups (broad SMARTS) is 1. The minimum absolute atomic E-state index is 0.0498. The highest BCUT2D eigenvalue weighted by Gasteiger charge is 2.56. The maximum absolute atomic E-state index is 13.2. The van der Waals surface area contributed by atoms with E-state index in [0.717, 1.165) is 25.7 Å². The first-order valence-electron chi connectivity index (χ1n) is 10.7. The van der Waals surface area contributed by atoms with Crippen molar-refractivity contribution in [2.45, 2.75) is 63.7 Å². The fourth-order valence-electron chi connectivity index (χ4n) is 5.30. The van der Waals surface area contributed by atoms with Gasteiger partial charge in [0.05, 0.1) is 5.52 Å². The summed E-state index contributed by atoms with van der Waals surface area (Å²) in [5, 5.41) is 17.3. The minimum Gasteiger partial charge on any atom is -0.476 e. The second-order valence-electron chi connectivity index (χ2n) is 9.07. The molecule has 8 nitrogen and oxygen atoms in total. The molecule has 5 atom stereocenters. The molecule has 2 heterocycles. The Hall–Kier alpha value is -2.90. The summed E-state index contributed by atoms with van der Waals surface area (Å²) >= 11 is 0. The molecule has 1 aromatic carbocycles. The fourth-order valence-corrected chi connectivity index (χ4v) is 5.30. The van der Waals surface area contributed by atoms with Gasteiger partial charge < -0.3 is 15.3 Å². The minimum atomic E-state index is -1.12. The first-order chi connectivity index (χ1) is 14.4. The van der Waals surface area contributed by atoms with Crippen LogP contribution < -0.4 is 5.32 Å². The average molecular weight is 410 g/mol. The van der Waals surface area contributed by atoms with Crippen LogP contribution in [0.3, 0.4) is 0 Å². The number of carbonyl (C=O) groups excluding carboxylic acids is 2. The van der Waals surface area contributed by atoms with Crippen molar-refractivity contribution in [1.29, 1.82) is 0 Å². The Morgan fingerprint density at radius 1 is 1.17 bits per heavy atom. The molecule has 3 fully saturated rings. The SMILES string of the molecule is CC1CCC(NC(=O)[C@@H]2C[C@H]3C[C@H]3N2C(=O)Cn2nc(C(=O)O)c3ccccc32)C1. The van der Waals surface area contributed by atoms with Crippen LogP contribution in [-0.2, 0) is 16.1 Å². The van der Waals surface area contributed by atoms with Gasteiger partial charge in [0.25, 0.3) is 0 Å². The molecule has 2 aromatic rings. The molecule has 2 aliphatic carbocycles. The number of nitrogens with one attached hydrogen (secondary N) is 1. The number of piperidine rings is 1. The summed E-state index contributed by atoms with van der Waals surface area (Å²) < 4.78 is 1.45. The maximum Gasteiger partial charge on any atom is 0.357 e. The summed E-state index contributed by atoms with van der Waals surface area (Å²) in [5.41, 5.74) is 0.546. The number of hydrogen-bond acceptors (Lipinski definition) is 4. The van der Waals surface area contributed by atoms with Gasteiger partial charge in [-0.15, -0.1) is 0 Å². The Morgan fingerprint density at radius 2 is 1.97 bits per heavy atom. The predicted octanol–water partition coefficient (Wildman–Crippen LogP) is 2.03. The van der Waals surface area contributed by atoms with Crippen molar-refractivity contribution < 1.29 is 19.5 Å². The number of amides is 2. The first kappa shape index (κ1) is 19.1. The molecule has 0 bridgehead atoms. The Kier molecular flexibility index (Phi) is 4.52. The molecule has 1 aliphatic heterocycles. The van der Waals surface area contributed by atoms with Crippen LogP contribution in [0.4, 0.5) is 0 Å². The van der Waals surface area contributed by atoms with Crippen molar-refractivity contribution in [3.8, 4) is 0 Å². The molecule has 8 heteroatoms. The number of aromatic nitrogens is 2. The van der Waals surface area contributed by atoms with Gasteiger partial charge in [0.2, 0.25) is 11.8 Å². The average Bonchev–Trinajstić information content (AvgIpc) is 3.03. The molecule has 158 valence electrons. The standard InChI is InChI=1S/C22H26N4O4/c1-12-6-7-14(8-12)23-21(28)18-10-13-9-17(13)26(18)19(27)11-25-16-5-3-2-4-15(16)20(24-25)22(29)30/h2-5,12-14,17-18H,6-11H2,1H3,(H,23,28)(H,29,30)/t12?,13-,14?,17-,18+/m1/s1. The lowest BCUT2D eigenvalue weighted by Crippen LogP contribution is -2.50. The Balaban J connectivity index is 1.35. The summed E-state index contributed by atoms with van der Waals surface area (Å²) in [6.07, 6.45) is 4.77. The van der Waals surface area contributed by atoms with Gasteiger partial charge in [-0.2, -0.15) is 5.10 Å². The van der Waals surface area contributed by atoms with Gasteiger partial charge in [0, 0.05) is 17.5 Å². The molecule has 0 spiro atoms. The first-order valence-corrected chi connectivity index (χ1v) is 10.7. The van der Waals surface area contributed by atoms with Crippen LogP contribution >= 0.6 is 0 Å². The monoisotopic (exact) mass is 410 g/mol. The molecule has 2 amide bonds. The lowest BCUT2D eigenvalue weighted by molar-refractivity contribution is -0.140. The molecule has 2 saturated carbocycles. The van der Waals surface area contributed by atoms with E-state index >= 15 is 0 Å². The van der Waals surface area contributed by atoms with Gasteiger partial charge >= 0.3 is 5.97 Å². The smallest absolute Gasteiger partial charge is 0.357 e. The van der Waals surface area contributed by atoms with Crippen LogP contribution in [0.25, 0.3) is 10.9 Å². The van der Waals surface area contributed by atoms with Crippen LogP contribution in [0.15, 0.2) is 24.3 Å². The third kappa shape index (κ3) is 3.24. The molecule has 3 aliphatic rings. The topological polar surface area (TPSA) is 105 Å². The molecule has 30 heavy (non-hydrogen) atoms. The molecule has 5 rings (SSSR count). The highest BCUT2D eigenvalue weighted by atomic mass is 16.4. The highest BCUT2D eigenvalue weighted by molar-refractivity contribution is 6.01. The van der Waals surface area contributed by atoms with E-state index < -0.39 is 12.0 Å². The summed E-state index contributed by atoms with van der Waals surface area (Å²) in [7, 11) is 0. The van der Waals surface area contributed by atoms with Gasteiger partial charge in [-0.1, -0.05) is 25.1 Å². The van der Waals surface area contributed by atoms with Crippen molar-refractivity contribution >= 4 is 28.7 Å². The predicted molar refractivity (Wildman–Crippen MR) is 109 cm³/mol. The van der Waals surface area contributed by atoms with Crippen LogP contribution in [0.2, 0.25) is 0 Å². The van der Waals surface area contributed by atoms with E-state index in [0.29, 0.717) is 29.2 Å². The molecule has 2 unspecified atom stereocenters. The number of carboxylic acids is 1. The number of fused-ring (bicyclic) bond motifs is 2. The summed E-state index contributed by atoms with van der Waals surface area (Å²) in [5.74, 6) is -0.321. The molecule has 1 aromatic heterocycles. The lowest BCUT2D eigenvalue weighted by atomic mass is 10.1. The number of rotatable bonds is 5. The van der Waals surface area contributed by atoms with E-state index in [1.165, 1.54) is 4.68 Å². The lowest BCUT2D eigenvalue weighted by Gasteiger charge is -2.28.